The highest BCUT2D eigenvalue weighted by molar-refractivity contribution is 5.92. The van der Waals surface area contributed by atoms with Gasteiger partial charge >= 0.3 is 0 Å². The fraction of sp³-hybridized carbons (Fsp3) is 0.190. The molecule has 4 rings (SSSR count). The van der Waals surface area contributed by atoms with Crippen LogP contribution in [0, 0.1) is 20.8 Å². The lowest BCUT2D eigenvalue weighted by Gasteiger charge is -2.08. The first-order chi connectivity index (χ1) is 14.4. The number of aryl methyl sites for hydroxylation is 3. The van der Waals surface area contributed by atoms with Gasteiger partial charge in [0.05, 0.1) is 17.8 Å². The molecule has 0 aliphatic heterocycles. The quantitative estimate of drug-likeness (QED) is 0.528. The number of anilines is 1. The minimum atomic E-state index is -0.303. The van der Waals surface area contributed by atoms with Crippen LogP contribution in [-0.2, 0) is 11.2 Å². The molecule has 0 unspecified atom stereocenters. The van der Waals surface area contributed by atoms with Crippen molar-refractivity contribution in [3.05, 3.63) is 75.5 Å². The van der Waals surface area contributed by atoms with E-state index in [1.165, 1.54) is 10.7 Å². The SMILES string of the molecule is Cc1cc(=O)[nH]c(-n2nc(-c3ccccc3)cc2NC(=O)Cc2c(C)noc2C)n1. The zero-order chi connectivity index (χ0) is 21.3. The third kappa shape index (κ3) is 3.90. The van der Waals surface area contributed by atoms with E-state index >= 15 is 0 Å². The van der Waals surface area contributed by atoms with E-state index in [0.717, 1.165) is 11.1 Å². The van der Waals surface area contributed by atoms with E-state index in [1.807, 2.05) is 30.3 Å². The van der Waals surface area contributed by atoms with E-state index in [9.17, 15) is 9.59 Å². The summed E-state index contributed by atoms with van der Waals surface area (Å²) < 4.78 is 6.55. The average molecular weight is 404 g/mol. The molecule has 0 saturated heterocycles. The first kappa shape index (κ1) is 19.3. The third-order valence-corrected chi connectivity index (χ3v) is 4.62. The van der Waals surface area contributed by atoms with E-state index in [4.69, 9.17) is 4.52 Å². The molecule has 2 N–H and O–H groups in total. The first-order valence-corrected chi connectivity index (χ1v) is 9.36. The molecule has 152 valence electrons. The smallest absolute Gasteiger partial charge is 0.252 e. The van der Waals surface area contributed by atoms with Gasteiger partial charge in [0.15, 0.2) is 0 Å². The molecular formula is C21H20N6O3. The van der Waals surface area contributed by atoms with Crippen molar-refractivity contribution in [2.24, 2.45) is 0 Å². The lowest BCUT2D eigenvalue weighted by atomic mass is 10.1. The van der Waals surface area contributed by atoms with E-state index in [0.29, 0.717) is 28.7 Å². The van der Waals surface area contributed by atoms with Gasteiger partial charge in [0.2, 0.25) is 11.9 Å². The standard InChI is InChI=1S/C21H20N6O3/c1-12-9-19(28)24-21(22-12)27-18(11-17(25-27)15-7-5-4-6-8-15)23-20(29)10-16-13(2)26-30-14(16)3/h4-9,11H,10H2,1-3H3,(H,23,29)(H,22,24,28). The van der Waals surface area contributed by atoms with Crippen molar-refractivity contribution < 1.29 is 9.32 Å². The van der Waals surface area contributed by atoms with Crippen molar-refractivity contribution >= 4 is 11.7 Å². The van der Waals surface area contributed by atoms with Gasteiger partial charge in [-0.1, -0.05) is 35.5 Å². The maximum Gasteiger partial charge on any atom is 0.252 e. The summed E-state index contributed by atoms with van der Waals surface area (Å²) in [6.45, 7) is 5.27. The van der Waals surface area contributed by atoms with Crippen molar-refractivity contribution in [3.8, 4) is 17.2 Å². The highest BCUT2D eigenvalue weighted by atomic mass is 16.5. The van der Waals surface area contributed by atoms with Crippen LogP contribution in [0.3, 0.4) is 0 Å². The monoisotopic (exact) mass is 404 g/mol. The minimum Gasteiger partial charge on any atom is -0.361 e. The van der Waals surface area contributed by atoms with E-state index in [2.05, 4.69) is 25.5 Å². The van der Waals surface area contributed by atoms with Gasteiger partial charge in [-0.15, -0.1) is 0 Å². The molecule has 9 nitrogen and oxygen atoms in total. The van der Waals surface area contributed by atoms with Gasteiger partial charge in [0.25, 0.3) is 5.56 Å². The predicted octanol–water partition coefficient (Wildman–Crippen LogP) is 2.72. The molecule has 0 radical (unpaired) electrons. The summed E-state index contributed by atoms with van der Waals surface area (Å²) in [5.74, 6) is 0.945. The van der Waals surface area contributed by atoms with Gasteiger partial charge in [0, 0.05) is 29.0 Å². The van der Waals surface area contributed by atoms with E-state index in [-0.39, 0.29) is 23.8 Å². The summed E-state index contributed by atoms with van der Waals surface area (Å²) in [7, 11) is 0. The second kappa shape index (κ2) is 7.78. The number of aromatic nitrogens is 5. The molecule has 0 saturated carbocycles. The van der Waals surface area contributed by atoms with Crippen LogP contribution in [-0.4, -0.2) is 30.8 Å². The second-order valence-electron chi connectivity index (χ2n) is 6.93. The Morgan fingerprint density at radius 2 is 1.93 bits per heavy atom. The van der Waals surface area contributed by atoms with Crippen LogP contribution in [0.25, 0.3) is 17.2 Å². The van der Waals surface area contributed by atoms with Crippen LogP contribution in [0.4, 0.5) is 5.82 Å². The normalized spacial score (nSPS) is 10.9. The van der Waals surface area contributed by atoms with Crippen LogP contribution in [0.5, 0.6) is 0 Å². The van der Waals surface area contributed by atoms with Crippen molar-refractivity contribution in [2.75, 3.05) is 5.32 Å². The predicted molar refractivity (Wildman–Crippen MR) is 110 cm³/mol. The number of carbonyl (C=O) groups is 1. The number of hydrogen-bond donors (Lipinski definition) is 2. The Morgan fingerprint density at radius 3 is 2.60 bits per heavy atom. The van der Waals surface area contributed by atoms with E-state index in [1.54, 1.807) is 26.8 Å². The zero-order valence-corrected chi connectivity index (χ0v) is 16.8. The summed E-state index contributed by atoms with van der Waals surface area (Å²) in [5, 5.41) is 11.3. The van der Waals surface area contributed by atoms with Gasteiger partial charge < -0.3 is 9.84 Å². The number of H-pyrrole nitrogens is 1. The first-order valence-electron chi connectivity index (χ1n) is 9.36. The summed E-state index contributed by atoms with van der Waals surface area (Å²) in [4.78, 5) is 31.7. The second-order valence-corrected chi connectivity index (χ2v) is 6.93. The lowest BCUT2D eigenvalue weighted by molar-refractivity contribution is -0.115. The topological polar surface area (TPSA) is 119 Å². The molecule has 3 aromatic heterocycles. The molecule has 0 bridgehead atoms. The van der Waals surface area contributed by atoms with Crippen molar-refractivity contribution in [1.82, 2.24) is 24.9 Å². The van der Waals surface area contributed by atoms with Gasteiger partial charge in [-0.2, -0.15) is 9.78 Å². The molecule has 9 heteroatoms. The molecule has 0 aliphatic carbocycles. The fourth-order valence-corrected chi connectivity index (χ4v) is 3.15. The molecule has 3 heterocycles. The Kier molecular flexibility index (Phi) is 5.01. The molecule has 0 aliphatic rings. The number of carbonyl (C=O) groups excluding carboxylic acids is 1. The molecule has 0 fully saturated rings. The van der Waals surface area contributed by atoms with Crippen LogP contribution in [0.1, 0.15) is 22.7 Å². The zero-order valence-electron chi connectivity index (χ0n) is 16.8. The number of nitrogens with one attached hydrogen (secondary N) is 2. The molecule has 1 amide bonds. The molecular weight excluding hydrogens is 384 g/mol. The minimum absolute atomic E-state index is 0.102. The molecule has 0 atom stereocenters. The Morgan fingerprint density at radius 1 is 1.17 bits per heavy atom. The molecule has 1 aromatic carbocycles. The number of rotatable bonds is 5. The van der Waals surface area contributed by atoms with Crippen LogP contribution < -0.4 is 10.9 Å². The van der Waals surface area contributed by atoms with E-state index < -0.39 is 0 Å². The van der Waals surface area contributed by atoms with Gasteiger partial charge in [-0.25, -0.2) is 4.98 Å². The maximum absolute atomic E-state index is 12.7. The third-order valence-electron chi connectivity index (χ3n) is 4.62. The van der Waals surface area contributed by atoms with Crippen LogP contribution in [0.2, 0.25) is 0 Å². The van der Waals surface area contributed by atoms with Crippen molar-refractivity contribution in [1.29, 1.82) is 0 Å². The van der Waals surface area contributed by atoms with Gasteiger partial charge in [-0.05, 0) is 20.8 Å². The number of benzene rings is 1. The van der Waals surface area contributed by atoms with Crippen molar-refractivity contribution in [2.45, 2.75) is 27.2 Å². The average Bonchev–Trinajstić information content (AvgIpc) is 3.26. The van der Waals surface area contributed by atoms with Crippen LogP contribution in [0.15, 0.2) is 51.8 Å². The summed E-state index contributed by atoms with van der Waals surface area (Å²) >= 11 is 0. The van der Waals surface area contributed by atoms with Gasteiger partial charge in [-0.3, -0.25) is 14.6 Å². The number of amides is 1. The summed E-state index contributed by atoms with van der Waals surface area (Å²) in [5.41, 5.74) is 3.15. The Labute approximate surface area is 171 Å². The number of aromatic amines is 1. The molecule has 30 heavy (non-hydrogen) atoms. The Hall–Kier alpha value is -4.01. The highest BCUT2D eigenvalue weighted by Crippen LogP contribution is 2.24. The largest absolute Gasteiger partial charge is 0.361 e. The summed E-state index contributed by atoms with van der Waals surface area (Å²) in [6.07, 6.45) is 0.102. The fourth-order valence-electron chi connectivity index (χ4n) is 3.15. The lowest BCUT2D eigenvalue weighted by Crippen LogP contribution is -2.20. The number of nitrogens with zero attached hydrogens (tertiary/aromatic N) is 4. The van der Waals surface area contributed by atoms with Gasteiger partial charge in [0.1, 0.15) is 11.6 Å². The molecule has 4 aromatic rings. The van der Waals surface area contributed by atoms with Crippen molar-refractivity contribution in [3.63, 3.8) is 0 Å². The molecule has 0 spiro atoms. The maximum atomic E-state index is 12.7. The Balaban J connectivity index is 1.72. The Bertz CT molecular complexity index is 1250. The van der Waals surface area contributed by atoms with Crippen LogP contribution >= 0.6 is 0 Å². The number of hydrogen-bond acceptors (Lipinski definition) is 6. The highest BCUT2D eigenvalue weighted by Gasteiger charge is 2.18. The summed E-state index contributed by atoms with van der Waals surface area (Å²) in [6, 6.07) is 12.7.